The summed E-state index contributed by atoms with van der Waals surface area (Å²) < 4.78 is 61.2. The van der Waals surface area contributed by atoms with Crippen LogP contribution in [0.1, 0.15) is 24.2 Å². The number of nitrogens with zero attached hydrogens (tertiary/aromatic N) is 3. The SMILES string of the molecule is Cn1nc(C(F)(F)F)cc1CN1CCC(CS(N)(=O)=O)CC1. The fourth-order valence-electron chi connectivity index (χ4n) is 2.66. The molecule has 2 N–H and O–H groups in total. The number of hydrogen-bond donors (Lipinski definition) is 1. The Morgan fingerprint density at radius 1 is 1.36 bits per heavy atom. The summed E-state index contributed by atoms with van der Waals surface area (Å²) in [6.45, 7) is 1.63. The van der Waals surface area contributed by atoms with Crippen molar-refractivity contribution in [3.8, 4) is 0 Å². The largest absolute Gasteiger partial charge is 0.435 e. The fraction of sp³-hybridized carbons (Fsp3) is 0.750. The van der Waals surface area contributed by atoms with Gasteiger partial charge < -0.3 is 0 Å². The third-order valence-corrected chi connectivity index (χ3v) is 4.76. The Morgan fingerprint density at radius 2 is 1.95 bits per heavy atom. The van der Waals surface area contributed by atoms with Gasteiger partial charge in [-0.25, -0.2) is 13.6 Å². The number of nitrogens with two attached hydrogens (primary N) is 1. The molecule has 1 saturated heterocycles. The van der Waals surface area contributed by atoms with Crippen LogP contribution in [0.4, 0.5) is 13.2 Å². The van der Waals surface area contributed by atoms with Gasteiger partial charge in [0.1, 0.15) is 0 Å². The minimum absolute atomic E-state index is 0.0172. The molecule has 2 rings (SSSR count). The van der Waals surface area contributed by atoms with E-state index in [1.807, 2.05) is 4.90 Å². The van der Waals surface area contributed by atoms with E-state index in [-0.39, 0.29) is 11.7 Å². The highest BCUT2D eigenvalue weighted by molar-refractivity contribution is 7.89. The molecule has 0 amide bonds. The number of halogens is 3. The lowest BCUT2D eigenvalue weighted by Crippen LogP contribution is -2.37. The van der Waals surface area contributed by atoms with Gasteiger partial charge in [0.05, 0.1) is 11.4 Å². The summed E-state index contributed by atoms with van der Waals surface area (Å²) in [5, 5.41) is 8.51. The Hall–Kier alpha value is -1.13. The molecule has 1 fully saturated rings. The molecule has 10 heteroatoms. The molecular weight excluding hydrogens is 321 g/mol. The Bertz CT molecular complexity index is 619. The Labute approximate surface area is 127 Å². The van der Waals surface area contributed by atoms with Crippen LogP contribution in [-0.4, -0.2) is 41.9 Å². The summed E-state index contributed by atoms with van der Waals surface area (Å²) >= 11 is 0. The maximum atomic E-state index is 12.6. The van der Waals surface area contributed by atoms with E-state index in [1.165, 1.54) is 11.7 Å². The van der Waals surface area contributed by atoms with Crippen LogP contribution in [0.5, 0.6) is 0 Å². The zero-order chi connectivity index (χ0) is 16.5. The first-order chi connectivity index (χ1) is 10.0. The minimum atomic E-state index is -4.45. The second kappa shape index (κ2) is 6.17. The summed E-state index contributed by atoms with van der Waals surface area (Å²) in [6.07, 6.45) is -3.11. The van der Waals surface area contributed by atoms with Gasteiger partial charge >= 0.3 is 6.18 Å². The number of aromatic nitrogens is 2. The monoisotopic (exact) mass is 340 g/mol. The highest BCUT2D eigenvalue weighted by Crippen LogP contribution is 2.29. The summed E-state index contributed by atoms with van der Waals surface area (Å²) in [7, 11) is -1.99. The molecule has 6 nitrogen and oxygen atoms in total. The zero-order valence-electron chi connectivity index (χ0n) is 12.2. The van der Waals surface area contributed by atoms with Crippen LogP contribution in [-0.2, 0) is 29.8 Å². The maximum absolute atomic E-state index is 12.6. The number of sulfonamides is 1. The summed E-state index contributed by atoms with van der Waals surface area (Å²) in [5.41, 5.74) is -0.411. The van der Waals surface area contributed by atoms with Gasteiger partial charge in [0.2, 0.25) is 10.0 Å². The quantitative estimate of drug-likeness (QED) is 0.884. The van der Waals surface area contributed by atoms with Crippen LogP contribution in [0, 0.1) is 5.92 Å². The number of aryl methyl sites for hydroxylation is 1. The highest BCUT2D eigenvalue weighted by Gasteiger charge is 2.34. The van der Waals surface area contributed by atoms with E-state index in [0.29, 0.717) is 38.2 Å². The van der Waals surface area contributed by atoms with Crippen LogP contribution in [0.2, 0.25) is 0 Å². The first kappa shape index (κ1) is 17.2. The van der Waals surface area contributed by atoms with Gasteiger partial charge in [-0.05, 0) is 37.9 Å². The zero-order valence-corrected chi connectivity index (χ0v) is 13.0. The molecule has 1 aromatic heterocycles. The van der Waals surface area contributed by atoms with Crippen LogP contribution >= 0.6 is 0 Å². The second-order valence-corrected chi connectivity index (χ2v) is 7.35. The van der Waals surface area contributed by atoms with Crippen molar-refractivity contribution in [1.82, 2.24) is 14.7 Å². The molecule has 0 atom stereocenters. The fourth-order valence-corrected chi connectivity index (χ4v) is 3.65. The van der Waals surface area contributed by atoms with Gasteiger partial charge in [-0.2, -0.15) is 18.3 Å². The predicted molar refractivity (Wildman–Crippen MR) is 74.2 cm³/mol. The van der Waals surface area contributed by atoms with Crippen LogP contribution in [0.15, 0.2) is 6.07 Å². The molecule has 1 aromatic rings. The first-order valence-corrected chi connectivity index (χ1v) is 8.59. The van der Waals surface area contributed by atoms with Crippen molar-refractivity contribution in [2.45, 2.75) is 25.6 Å². The van der Waals surface area contributed by atoms with Crippen molar-refractivity contribution in [1.29, 1.82) is 0 Å². The third kappa shape index (κ3) is 4.68. The summed E-state index contributed by atoms with van der Waals surface area (Å²) in [6, 6.07) is 1.05. The number of likely N-dealkylation sites (tertiary alicyclic amines) is 1. The average molecular weight is 340 g/mol. The van der Waals surface area contributed by atoms with Gasteiger partial charge in [-0.3, -0.25) is 9.58 Å². The van der Waals surface area contributed by atoms with Crippen LogP contribution in [0.3, 0.4) is 0 Å². The van der Waals surface area contributed by atoms with E-state index in [4.69, 9.17) is 5.14 Å². The Balaban J connectivity index is 1.93. The van der Waals surface area contributed by atoms with E-state index >= 15 is 0 Å². The van der Waals surface area contributed by atoms with Gasteiger partial charge in [0.15, 0.2) is 5.69 Å². The average Bonchev–Trinajstić information content (AvgIpc) is 2.72. The lowest BCUT2D eigenvalue weighted by Gasteiger charge is -2.31. The molecule has 126 valence electrons. The summed E-state index contributed by atoms with van der Waals surface area (Å²) in [5.74, 6) is -0.0198. The molecular formula is C12H19F3N4O2S. The van der Waals surface area contributed by atoms with Crippen molar-refractivity contribution in [3.05, 3.63) is 17.5 Å². The van der Waals surface area contributed by atoms with E-state index in [9.17, 15) is 21.6 Å². The second-order valence-electron chi connectivity index (χ2n) is 5.69. The van der Waals surface area contributed by atoms with Gasteiger partial charge in [0.25, 0.3) is 0 Å². The van der Waals surface area contributed by atoms with Crippen molar-refractivity contribution < 1.29 is 21.6 Å². The molecule has 0 aliphatic carbocycles. The van der Waals surface area contributed by atoms with Crippen molar-refractivity contribution in [2.75, 3.05) is 18.8 Å². The van der Waals surface area contributed by atoms with E-state index in [2.05, 4.69) is 5.10 Å². The van der Waals surface area contributed by atoms with E-state index in [0.717, 1.165) is 6.07 Å². The van der Waals surface area contributed by atoms with E-state index in [1.54, 1.807) is 0 Å². The van der Waals surface area contributed by atoms with Crippen LogP contribution < -0.4 is 5.14 Å². The molecule has 1 aliphatic rings. The first-order valence-electron chi connectivity index (χ1n) is 6.87. The normalized spacial score (nSPS) is 18.8. The molecule has 1 aliphatic heterocycles. The summed E-state index contributed by atoms with van der Waals surface area (Å²) in [4.78, 5) is 2.00. The van der Waals surface area contributed by atoms with Gasteiger partial charge in [-0.15, -0.1) is 0 Å². The highest BCUT2D eigenvalue weighted by atomic mass is 32.2. The van der Waals surface area contributed by atoms with Crippen LogP contribution in [0.25, 0.3) is 0 Å². The Morgan fingerprint density at radius 3 is 2.41 bits per heavy atom. The number of hydrogen-bond acceptors (Lipinski definition) is 4. The lowest BCUT2D eigenvalue weighted by atomic mass is 9.99. The molecule has 0 bridgehead atoms. The number of alkyl halides is 3. The smallest absolute Gasteiger partial charge is 0.298 e. The molecule has 0 aromatic carbocycles. The van der Waals surface area contributed by atoms with Gasteiger partial charge in [0, 0.05) is 13.6 Å². The van der Waals surface area contributed by atoms with Crippen molar-refractivity contribution >= 4 is 10.0 Å². The van der Waals surface area contributed by atoms with Gasteiger partial charge in [-0.1, -0.05) is 0 Å². The maximum Gasteiger partial charge on any atom is 0.435 e. The predicted octanol–water partition coefficient (Wildman–Crippen LogP) is 0.939. The number of rotatable bonds is 4. The molecule has 0 unspecified atom stereocenters. The molecule has 22 heavy (non-hydrogen) atoms. The van der Waals surface area contributed by atoms with E-state index < -0.39 is 21.9 Å². The van der Waals surface area contributed by atoms with Crippen molar-refractivity contribution in [3.63, 3.8) is 0 Å². The minimum Gasteiger partial charge on any atom is -0.298 e. The standard InChI is InChI=1S/C12H19F3N4O2S/c1-18-10(6-11(17-18)12(13,14)15)7-19-4-2-9(3-5-19)8-22(16,20)21/h6,9H,2-5,7-8H2,1H3,(H2,16,20,21). The molecule has 0 radical (unpaired) electrons. The third-order valence-electron chi connectivity index (χ3n) is 3.83. The molecule has 0 spiro atoms. The van der Waals surface area contributed by atoms with Crippen molar-refractivity contribution in [2.24, 2.45) is 18.1 Å². The Kier molecular flexibility index (Phi) is 4.83. The topological polar surface area (TPSA) is 81.2 Å². The number of piperidine rings is 1. The number of primary sulfonamides is 1. The molecule has 0 saturated carbocycles. The lowest BCUT2D eigenvalue weighted by molar-refractivity contribution is -0.141. The molecule has 2 heterocycles.